The van der Waals surface area contributed by atoms with E-state index in [0.717, 1.165) is 11.1 Å². The Kier molecular flexibility index (Phi) is 8.00. The second-order valence-electron chi connectivity index (χ2n) is 8.34. The largest absolute Gasteiger partial charge is 0.425 e. The molecule has 33 heavy (non-hydrogen) atoms. The molecule has 0 fully saturated rings. The average molecular weight is 454 g/mol. The van der Waals surface area contributed by atoms with E-state index in [1.807, 2.05) is 50.2 Å². The van der Waals surface area contributed by atoms with Crippen LogP contribution in [0.1, 0.15) is 31.9 Å². The van der Waals surface area contributed by atoms with Crippen molar-refractivity contribution < 1.29 is 19.1 Å². The maximum atomic E-state index is 13.6. The van der Waals surface area contributed by atoms with Gasteiger partial charge < -0.3 is 20.7 Å². The summed E-state index contributed by atoms with van der Waals surface area (Å²) < 4.78 is 5.64. The van der Waals surface area contributed by atoms with Gasteiger partial charge in [-0.15, -0.1) is 0 Å². The number of nitrogens with zero attached hydrogens (tertiary/aromatic N) is 2. The lowest BCUT2D eigenvalue weighted by Crippen LogP contribution is -2.56. The van der Waals surface area contributed by atoms with Gasteiger partial charge in [0.25, 0.3) is 5.91 Å². The van der Waals surface area contributed by atoms with E-state index in [1.165, 1.54) is 4.90 Å². The molecule has 0 spiro atoms. The van der Waals surface area contributed by atoms with Gasteiger partial charge in [0.1, 0.15) is 11.9 Å². The number of aromatic nitrogens is 1. The minimum Gasteiger partial charge on any atom is -0.425 e. The van der Waals surface area contributed by atoms with Crippen molar-refractivity contribution in [3.8, 4) is 0 Å². The van der Waals surface area contributed by atoms with Crippen molar-refractivity contribution >= 4 is 23.7 Å². The molecule has 3 atom stereocenters. The Hall–Kier alpha value is -3.46. The lowest BCUT2D eigenvalue weighted by Gasteiger charge is -2.31. The number of benzene rings is 1. The van der Waals surface area contributed by atoms with Crippen LogP contribution >= 0.6 is 0 Å². The summed E-state index contributed by atoms with van der Waals surface area (Å²) in [7, 11) is 1.68. The normalized spacial score (nSPS) is 16.6. The second-order valence-corrected chi connectivity index (χ2v) is 8.34. The van der Waals surface area contributed by atoms with Crippen LogP contribution < -0.4 is 20.9 Å². The first-order valence-electron chi connectivity index (χ1n) is 11.0. The van der Waals surface area contributed by atoms with Crippen LogP contribution in [0.3, 0.4) is 0 Å². The molecule has 0 radical (unpaired) electrons. The van der Waals surface area contributed by atoms with E-state index in [2.05, 4.69) is 20.9 Å². The maximum Gasteiger partial charge on any atom is 0.409 e. The van der Waals surface area contributed by atoms with Crippen LogP contribution in [-0.4, -0.2) is 48.3 Å². The third-order valence-electron chi connectivity index (χ3n) is 5.60. The fourth-order valence-corrected chi connectivity index (χ4v) is 3.57. The molecule has 1 aromatic heterocycles. The Morgan fingerprint density at radius 3 is 2.52 bits per heavy atom. The molecule has 0 saturated carbocycles. The SMILES string of the molecule is CN[C@@H](C)C(=O)N[C@H](C(=O)N1c2ncccc2C[C@@H]1OC(=O)NCc1ccccc1)C(C)C. The topological polar surface area (TPSA) is 113 Å². The Morgan fingerprint density at radius 1 is 1.12 bits per heavy atom. The summed E-state index contributed by atoms with van der Waals surface area (Å²) >= 11 is 0. The molecule has 9 heteroatoms. The molecule has 0 unspecified atom stereocenters. The molecule has 1 aliphatic rings. The zero-order chi connectivity index (χ0) is 24.0. The molecular formula is C24H31N5O4. The van der Waals surface area contributed by atoms with E-state index < -0.39 is 24.4 Å². The van der Waals surface area contributed by atoms with Crippen molar-refractivity contribution in [2.75, 3.05) is 11.9 Å². The first kappa shape index (κ1) is 24.2. The van der Waals surface area contributed by atoms with Gasteiger partial charge in [-0.25, -0.2) is 9.78 Å². The van der Waals surface area contributed by atoms with Gasteiger partial charge in [0.2, 0.25) is 5.91 Å². The van der Waals surface area contributed by atoms with Gasteiger partial charge >= 0.3 is 6.09 Å². The van der Waals surface area contributed by atoms with Gasteiger partial charge in [-0.3, -0.25) is 14.5 Å². The van der Waals surface area contributed by atoms with Gasteiger partial charge in [-0.05, 0) is 31.5 Å². The Balaban J connectivity index is 1.77. The highest BCUT2D eigenvalue weighted by atomic mass is 16.6. The number of carbonyl (C=O) groups is 3. The summed E-state index contributed by atoms with van der Waals surface area (Å²) in [6.45, 7) is 5.72. The van der Waals surface area contributed by atoms with E-state index in [0.29, 0.717) is 18.8 Å². The Bertz CT molecular complexity index is 982. The Morgan fingerprint density at radius 2 is 1.85 bits per heavy atom. The smallest absolute Gasteiger partial charge is 0.409 e. The third-order valence-corrected chi connectivity index (χ3v) is 5.60. The van der Waals surface area contributed by atoms with Crippen LogP contribution in [-0.2, 0) is 27.3 Å². The van der Waals surface area contributed by atoms with E-state index in [4.69, 9.17) is 4.74 Å². The number of carbonyl (C=O) groups excluding carboxylic acids is 3. The van der Waals surface area contributed by atoms with Crippen molar-refractivity contribution in [2.24, 2.45) is 5.92 Å². The summed E-state index contributed by atoms with van der Waals surface area (Å²) in [5.41, 5.74) is 1.73. The van der Waals surface area contributed by atoms with Crippen molar-refractivity contribution in [1.82, 2.24) is 20.9 Å². The molecule has 2 aromatic rings. The lowest BCUT2D eigenvalue weighted by molar-refractivity contribution is -0.130. The van der Waals surface area contributed by atoms with Crippen LogP contribution in [0.25, 0.3) is 0 Å². The highest BCUT2D eigenvalue weighted by Crippen LogP contribution is 2.31. The monoisotopic (exact) mass is 453 g/mol. The molecule has 3 amide bonds. The minimum absolute atomic E-state index is 0.189. The van der Waals surface area contributed by atoms with Crippen LogP contribution in [0, 0.1) is 5.92 Å². The van der Waals surface area contributed by atoms with Crippen molar-refractivity contribution in [3.05, 3.63) is 59.8 Å². The molecule has 0 saturated heterocycles. The van der Waals surface area contributed by atoms with Gasteiger partial charge in [-0.1, -0.05) is 50.2 Å². The van der Waals surface area contributed by atoms with Gasteiger partial charge in [0.05, 0.1) is 6.04 Å². The first-order valence-corrected chi connectivity index (χ1v) is 11.0. The molecule has 3 rings (SSSR count). The number of hydrogen-bond donors (Lipinski definition) is 3. The zero-order valence-corrected chi connectivity index (χ0v) is 19.4. The van der Waals surface area contributed by atoms with Crippen molar-refractivity contribution in [3.63, 3.8) is 0 Å². The van der Waals surface area contributed by atoms with Gasteiger partial charge in [-0.2, -0.15) is 0 Å². The molecule has 3 N–H and O–H groups in total. The number of alkyl carbamates (subject to hydrolysis) is 1. The van der Waals surface area contributed by atoms with Crippen LogP contribution in [0.5, 0.6) is 0 Å². The number of ether oxygens (including phenoxy) is 1. The minimum atomic E-state index is -0.863. The number of amides is 3. The second kappa shape index (κ2) is 10.9. The number of likely N-dealkylation sites (N-methyl/N-ethyl adjacent to an activating group) is 1. The molecule has 0 aliphatic carbocycles. The number of rotatable bonds is 8. The molecule has 1 aliphatic heterocycles. The molecule has 176 valence electrons. The van der Waals surface area contributed by atoms with Crippen molar-refractivity contribution in [2.45, 2.75) is 52.0 Å². The van der Waals surface area contributed by atoms with Gasteiger partial charge in [0, 0.05) is 24.7 Å². The molecular weight excluding hydrogens is 422 g/mol. The van der Waals surface area contributed by atoms with Gasteiger partial charge in [0.15, 0.2) is 6.23 Å². The zero-order valence-electron chi connectivity index (χ0n) is 19.4. The summed E-state index contributed by atoms with van der Waals surface area (Å²) in [5, 5.41) is 8.41. The highest BCUT2D eigenvalue weighted by Gasteiger charge is 2.41. The van der Waals surface area contributed by atoms with Crippen LogP contribution in [0.4, 0.5) is 10.6 Å². The standard InChI is InChI=1S/C24H31N5O4/c1-15(2)20(28-22(30)16(3)25-4)23(31)29-19(13-18-11-8-12-26-21(18)29)33-24(32)27-14-17-9-6-5-7-10-17/h5-12,15-16,19-20,25H,13-14H2,1-4H3,(H,27,32)(H,28,30)/t16-,19-,20-/m0/s1. The quantitative estimate of drug-likeness (QED) is 0.563. The lowest BCUT2D eigenvalue weighted by atomic mass is 10.0. The van der Waals surface area contributed by atoms with E-state index in [-0.39, 0.29) is 17.7 Å². The summed E-state index contributed by atoms with van der Waals surface area (Å²) in [6.07, 6.45) is 0.406. The van der Waals surface area contributed by atoms with Crippen LogP contribution in [0.15, 0.2) is 48.7 Å². The molecule has 1 aromatic carbocycles. The average Bonchev–Trinajstić information content (AvgIpc) is 3.18. The number of hydrogen-bond acceptors (Lipinski definition) is 6. The van der Waals surface area contributed by atoms with E-state index in [9.17, 15) is 14.4 Å². The predicted molar refractivity (Wildman–Crippen MR) is 124 cm³/mol. The predicted octanol–water partition coefficient (Wildman–Crippen LogP) is 1.97. The summed E-state index contributed by atoms with van der Waals surface area (Å²) in [5.74, 6) is -0.418. The molecule has 2 heterocycles. The highest BCUT2D eigenvalue weighted by molar-refractivity contribution is 6.01. The fraction of sp³-hybridized carbons (Fsp3) is 0.417. The Labute approximate surface area is 193 Å². The number of anilines is 1. The number of fused-ring (bicyclic) bond motifs is 1. The fourth-order valence-electron chi connectivity index (χ4n) is 3.57. The molecule has 9 nitrogen and oxygen atoms in total. The van der Waals surface area contributed by atoms with Crippen LogP contribution in [0.2, 0.25) is 0 Å². The van der Waals surface area contributed by atoms with E-state index in [1.54, 1.807) is 26.2 Å². The first-order chi connectivity index (χ1) is 15.8. The maximum absolute atomic E-state index is 13.6. The van der Waals surface area contributed by atoms with E-state index >= 15 is 0 Å². The number of pyridine rings is 1. The third kappa shape index (κ3) is 5.87. The summed E-state index contributed by atoms with van der Waals surface area (Å²) in [6, 6.07) is 11.8. The van der Waals surface area contributed by atoms with Crippen molar-refractivity contribution in [1.29, 1.82) is 0 Å². The molecule has 0 bridgehead atoms. The summed E-state index contributed by atoms with van der Waals surface area (Å²) in [4.78, 5) is 44.4. The number of nitrogens with one attached hydrogen (secondary N) is 3.